The molecule has 2 aromatic rings. The summed E-state index contributed by atoms with van der Waals surface area (Å²) >= 11 is 3.24. The second-order valence-electron chi connectivity index (χ2n) is 4.31. The number of halogens is 1. The number of hydrogen-bond donors (Lipinski definition) is 2. The highest BCUT2D eigenvalue weighted by atomic mass is 79.9. The van der Waals surface area contributed by atoms with E-state index in [0.29, 0.717) is 27.4 Å². The zero-order chi connectivity index (χ0) is 14.9. The van der Waals surface area contributed by atoms with Crippen LogP contribution in [0.2, 0.25) is 0 Å². The molecule has 1 aromatic heterocycles. The van der Waals surface area contributed by atoms with Gasteiger partial charge in [-0.1, -0.05) is 15.9 Å². The number of benzene rings is 1. The lowest BCUT2D eigenvalue weighted by molar-refractivity contribution is 0.463. The van der Waals surface area contributed by atoms with Crippen molar-refractivity contribution in [2.75, 3.05) is 5.73 Å². The van der Waals surface area contributed by atoms with Crippen molar-refractivity contribution < 1.29 is 12.8 Å². The summed E-state index contributed by atoms with van der Waals surface area (Å²) in [5.41, 5.74) is 6.69. The lowest BCUT2D eigenvalue weighted by Gasteiger charge is -2.10. The molecule has 0 saturated heterocycles. The van der Waals surface area contributed by atoms with Crippen molar-refractivity contribution in [3.05, 3.63) is 40.0 Å². The number of nitrogen functional groups attached to an aromatic ring is 1. The molecule has 0 aliphatic carbocycles. The van der Waals surface area contributed by atoms with E-state index in [1.165, 1.54) is 12.3 Å². The van der Waals surface area contributed by atoms with Crippen LogP contribution in [-0.2, 0) is 16.6 Å². The summed E-state index contributed by atoms with van der Waals surface area (Å²) in [7, 11) is -3.68. The van der Waals surface area contributed by atoms with Crippen LogP contribution in [0.25, 0.3) is 0 Å². The molecule has 0 aliphatic heterocycles. The van der Waals surface area contributed by atoms with Gasteiger partial charge in [0.05, 0.1) is 17.6 Å². The maximum atomic E-state index is 12.3. The number of hydrogen-bond acceptors (Lipinski definition) is 5. The van der Waals surface area contributed by atoms with E-state index >= 15 is 0 Å². The minimum atomic E-state index is -3.68. The number of rotatable bonds is 4. The van der Waals surface area contributed by atoms with E-state index in [1.54, 1.807) is 19.9 Å². The van der Waals surface area contributed by atoms with Crippen molar-refractivity contribution in [1.82, 2.24) is 9.71 Å². The molecular formula is C12H14BrN3O3S. The molecule has 8 heteroatoms. The molecular weight excluding hydrogens is 346 g/mol. The second-order valence-corrected chi connectivity index (χ2v) is 6.96. The van der Waals surface area contributed by atoms with Gasteiger partial charge in [0.15, 0.2) is 0 Å². The highest BCUT2D eigenvalue weighted by Gasteiger charge is 2.19. The zero-order valence-electron chi connectivity index (χ0n) is 11.0. The first-order valence-electron chi connectivity index (χ1n) is 5.76. The minimum Gasteiger partial charge on any atom is -0.445 e. The van der Waals surface area contributed by atoms with Gasteiger partial charge in [0.1, 0.15) is 5.76 Å². The molecule has 0 saturated carbocycles. The maximum absolute atomic E-state index is 12.3. The van der Waals surface area contributed by atoms with E-state index in [9.17, 15) is 8.42 Å². The zero-order valence-corrected chi connectivity index (χ0v) is 13.4. The van der Waals surface area contributed by atoms with Crippen LogP contribution in [0.15, 0.2) is 32.1 Å². The molecule has 1 aromatic carbocycles. The maximum Gasteiger partial charge on any atom is 0.241 e. The lowest BCUT2D eigenvalue weighted by Crippen LogP contribution is -2.24. The van der Waals surface area contributed by atoms with Crippen molar-refractivity contribution in [3.63, 3.8) is 0 Å². The van der Waals surface area contributed by atoms with Crippen LogP contribution in [0.1, 0.15) is 17.2 Å². The van der Waals surface area contributed by atoms with E-state index in [1.807, 2.05) is 0 Å². The van der Waals surface area contributed by atoms with Gasteiger partial charge in [-0.05, 0) is 31.5 Å². The predicted octanol–water partition coefficient (Wildman–Crippen LogP) is 2.11. The van der Waals surface area contributed by atoms with Gasteiger partial charge < -0.3 is 10.2 Å². The fraction of sp³-hybridized carbons (Fsp3) is 0.250. The summed E-state index contributed by atoms with van der Waals surface area (Å²) in [6, 6.07) is 3.17. The lowest BCUT2D eigenvalue weighted by atomic mass is 10.2. The van der Waals surface area contributed by atoms with Crippen LogP contribution in [0.4, 0.5) is 5.69 Å². The first-order chi connectivity index (χ1) is 9.29. The Morgan fingerprint density at radius 2 is 2.10 bits per heavy atom. The van der Waals surface area contributed by atoms with Crippen molar-refractivity contribution in [3.8, 4) is 0 Å². The molecule has 0 amide bonds. The van der Waals surface area contributed by atoms with Gasteiger partial charge in [-0.2, -0.15) is 0 Å². The van der Waals surface area contributed by atoms with Crippen molar-refractivity contribution in [1.29, 1.82) is 0 Å². The van der Waals surface area contributed by atoms with Gasteiger partial charge >= 0.3 is 0 Å². The Morgan fingerprint density at radius 3 is 2.70 bits per heavy atom. The van der Waals surface area contributed by atoms with Gasteiger partial charge in [-0.3, -0.25) is 0 Å². The molecule has 0 aliphatic rings. The molecule has 0 unspecified atom stereocenters. The average molecular weight is 360 g/mol. The van der Waals surface area contributed by atoms with Crippen LogP contribution >= 0.6 is 15.9 Å². The largest absolute Gasteiger partial charge is 0.445 e. The molecule has 0 fully saturated rings. The number of sulfonamides is 1. The van der Waals surface area contributed by atoms with Crippen LogP contribution < -0.4 is 10.5 Å². The first kappa shape index (κ1) is 15.0. The quantitative estimate of drug-likeness (QED) is 0.814. The molecule has 0 bridgehead atoms. The third-order valence-electron chi connectivity index (χ3n) is 2.74. The van der Waals surface area contributed by atoms with E-state index in [4.69, 9.17) is 10.2 Å². The highest BCUT2D eigenvalue weighted by Crippen LogP contribution is 2.26. The number of aromatic nitrogens is 1. The summed E-state index contributed by atoms with van der Waals surface area (Å²) in [6.45, 7) is 3.39. The van der Waals surface area contributed by atoms with Crippen molar-refractivity contribution in [2.45, 2.75) is 25.3 Å². The Morgan fingerprint density at radius 1 is 1.40 bits per heavy atom. The molecule has 2 rings (SSSR count). The number of nitrogens with zero attached hydrogens (tertiary/aromatic N) is 1. The first-order valence-corrected chi connectivity index (χ1v) is 8.04. The van der Waals surface area contributed by atoms with E-state index in [0.717, 1.165) is 0 Å². The summed E-state index contributed by atoms with van der Waals surface area (Å²) in [5.74, 6) is 0.939. The summed E-state index contributed by atoms with van der Waals surface area (Å²) in [5, 5.41) is 0. The third kappa shape index (κ3) is 3.20. The predicted molar refractivity (Wildman–Crippen MR) is 78.6 cm³/mol. The van der Waals surface area contributed by atoms with E-state index < -0.39 is 10.0 Å². The minimum absolute atomic E-state index is 0.0119. The van der Waals surface area contributed by atoms with Gasteiger partial charge in [-0.25, -0.2) is 18.1 Å². The second kappa shape index (κ2) is 5.55. The fourth-order valence-electron chi connectivity index (χ4n) is 1.67. The highest BCUT2D eigenvalue weighted by molar-refractivity contribution is 9.10. The number of anilines is 1. The van der Waals surface area contributed by atoms with Gasteiger partial charge in [0.2, 0.25) is 15.9 Å². The molecule has 0 atom stereocenters. The Balaban J connectivity index is 2.27. The smallest absolute Gasteiger partial charge is 0.241 e. The summed E-state index contributed by atoms with van der Waals surface area (Å²) < 4.78 is 32.8. The molecule has 3 N–H and O–H groups in total. The number of oxazole rings is 1. The third-order valence-corrected chi connectivity index (χ3v) is 4.72. The average Bonchev–Trinajstić information content (AvgIpc) is 2.77. The van der Waals surface area contributed by atoms with Crippen molar-refractivity contribution in [2.24, 2.45) is 0 Å². The van der Waals surface area contributed by atoms with Gasteiger partial charge in [0, 0.05) is 10.2 Å². The number of nitrogens with one attached hydrogen (secondary N) is 1. The SMILES string of the molecule is Cc1cnc(CNS(=O)(=O)c2cc(Br)cc(N)c2C)o1. The Labute approximate surface area is 125 Å². The Hall–Kier alpha value is -1.38. The molecule has 0 spiro atoms. The normalized spacial score (nSPS) is 11.8. The molecule has 0 radical (unpaired) electrons. The summed E-state index contributed by atoms with van der Waals surface area (Å²) in [6.07, 6.45) is 1.53. The van der Waals surface area contributed by atoms with Crippen LogP contribution in [0.3, 0.4) is 0 Å². The van der Waals surface area contributed by atoms with Crippen LogP contribution in [0.5, 0.6) is 0 Å². The topological polar surface area (TPSA) is 98.2 Å². The van der Waals surface area contributed by atoms with E-state index in [2.05, 4.69) is 25.6 Å². The molecule has 108 valence electrons. The van der Waals surface area contributed by atoms with E-state index in [-0.39, 0.29) is 11.4 Å². The summed E-state index contributed by atoms with van der Waals surface area (Å²) in [4.78, 5) is 4.07. The number of aryl methyl sites for hydroxylation is 1. The number of nitrogens with two attached hydrogens (primary N) is 1. The van der Waals surface area contributed by atoms with Gasteiger partial charge in [0.25, 0.3) is 0 Å². The Bertz CT molecular complexity index is 740. The standard InChI is InChI=1S/C12H14BrN3O3S/c1-7-5-15-12(19-7)6-16-20(17,18)11-4-9(13)3-10(14)8(11)2/h3-5,16H,6,14H2,1-2H3. The van der Waals surface area contributed by atoms with Crippen LogP contribution in [-0.4, -0.2) is 13.4 Å². The fourth-order valence-corrected chi connectivity index (χ4v) is 3.57. The monoisotopic (exact) mass is 359 g/mol. The molecule has 1 heterocycles. The van der Waals surface area contributed by atoms with Crippen LogP contribution in [0, 0.1) is 13.8 Å². The van der Waals surface area contributed by atoms with Gasteiger partial charge in [-0.15, -0.1) is 0 Å². The Kier molecular flexibility index (Phi) is 4.17. The van der Waals surface area contributed by atoms with Crippen molar-refractivity contribution >= 4 is 31.6 Å². The molecule has 20 heavy (non-hydrogen) atoms. The molecule has 6 nitrogen and oxygen atoms in total.